The molecule has 0 radical (unpaired) electrons. The summed E-state index contributed by atoms with van der Waals surface area (Å²) in [6.45, 7) is 4.47. The van der Waals surface area contributed by atoms with Crippen LogP contribution in [0.4, 0.5) is 5.69 Å². The van der Waals surface area contributed by atoms with Gasteiger partial charge in [-0.05, 0) is 60.4 Å². The van der Waals surface area contributed by atoms with Crippen LogP contribution in [0.15, 0.2) is 67.1 Å². The lowest BCUT2D eigenvalue weighted by molar-refractivity contribution is 0.102. The molecule has 4 rings (SSSR count). The Balaban J connectivity index is 1.56. The van der Waals surface area contributed by atoms with Gasteiger partial charge in [0.15, 0.2) is 6.73 Å². The highest BCUT2D eigenvalue weighted by molar-refractivity contribution is 6.05. The van der Waals surface area contributed by atoms with Crippen LogP contribution >= 0.6 is 0 Å². The van der Waals surface area contributed by atoms with Crippen LogP contribution in [0.25, 0.3) is 16.9 Å². The molecule has 1 aromatic heterocycles. The third-order valence-corrected chi connectivity index (χ3v) is 4.78. The molecular formula is C23H21N3O2. The van der Waals surface area contributed by atoms with Crippen molar-refractivity contribution in [3.8, 4) is 11.1 Å². The van der Waals surface area contributed by atoms with Gasteiger partial charge in [0, 0.05) is 35.4 Å². The van der Waals surface area contributed by atoms with Crippen LogP contribution in [0.3, 0.4) is 0 Å². The van der Waals surface area contributed by atoms with E-state index in [0.29, 0.717) is 12.3 Å². The van der Waals surface area contributed by atoms with Gasteiger partial charge in [-0.2, -0.15) is 0 Å². The first-order chi connectivity index (χ1) is 13.6. The van der Waals surface area contributed by atoms with Gasteiger partial charge in [0.25, 0.3) is 5.91 Å². The van der Waals surface area contributed by atoms with E-state index < -0.39 is 0 Å². The zero-order valence-corrected chi connectivity index (χ0v) is 15.8. The average molecular weight is 371 g/mol. The van der Waals surface area contributed by atoms with Crippen LogP contribution in [0.1, 0.15) is 27.0 Å². The second-order valence-electron chi connectivity index (χ2n) is 6.75. The lowest BCUT2D eigenvalue weighted by Crippen LogP contribution is -2.13. The fourth-order valence-corrected chi connectivity index (χ4v) is 3.21. The molecule has 0 unspecified atom stereocenters. The third-order valence-electron chi connectivity index (χ3n) is 4.78. The minimum atomic E-state index is -0.136. The molecule has 0 atom stereocenters. The van der Waals surface area contributed by atoms with Gasteiger partial charge in [-0.15, -0.1) is 0 Å². The molecule has 0 saturated carbocycles. The van der Waals surface area contributed by atoms with Crippen molar-refractivity contribution in [1.82, 2.24) is 10.3 Å². The van der Waals surface area contributed by atoms with Gasteiger partial charge in [-0.1, -0.05) is 24.3 Å². The zero-order chi connectivity index (χ0) is 19.5. The first-order valence-electron chi connectivity index (χ1n) is 9.11. The van der Waals surface area contributed by atoms with Crippen LogP contribution in [-0.2, 0) is 4.74 Å². The number of aryl methyl sites for hydroxylation is 2. The van der Waals surface area contributed by atoms with E-state index in [2.05, 4.69) is 40.7 Å². The highest BCUT2D eigenvalue weighted by atomic mass is 16.5. The maximum Gasteiger partial charge on any atom is 0.256 e. The minimum absolute atomic E-state index is 0.136. The zero-order valence-electron chi connectivity index (χ0n) is 15.8. The molecule has 0 aliphatic carbocycles. The summed E-state index contributed by atoms with van der Waals surface area (Å²) < 4.78 is 5.58. The molecular weight excluding hydrogens is 350 g/mol. The second-order valence-corrected chi connectivity index (χ2v) is 6.75. The van der Waals surface area contributed by atoms with E-state index in [9.17, 15) is 4.79 Å². The number of hydrogen-bond acceptors (Lipinski definition) is 4. The summed E-state index contributed by atoms with van der Waals surface area (Å²) >= 11 is 0. The molecule has 2 N–H and O–H groups in total. The van der Waals surface area contributed by atoms with Gasteiger partial charge >= 0.3 is 0 Å². The first-order valence-corrected chi connectivity index (χ1v) is 9.11. The van der Waals surface area contributed by atoms with Gasteiger partial charge in [0.2, 0.25) is 0 Å². The van der Waals surface area contributed by atoms with E-state index in [4.69, 9.17) is 4.74 Å². The number of aromatic nitrogens is 1. The molecule has 2 aromatic carbocycles. The van der Waals surface area contributed by atoms with Crippen LogP contribution in [0.2, 0.25) is 0 Å². The fourth-order valence-electron chi connectivity index (χ4n) is 3.21. The van der Waals surface area contributed by atoms with Crippen molar-refractivity contribution in [3.63, 3.8) is 0 Å². The Labute approximate surface area is 164 Å². The van der Waals surface area contributed by atoms with Crippen molar-refractivity contribution < 1.29 is 9.53 Å². The molecule has 3 aromatic rings. The van der Waals surface area contributed by atoms with Crippen molar-refractivity contribution in [2.45, 2.75) is 13.8 Å². The topological polar surface area (TPSA) is 63.2 Å². The molecule has 0 bridgehead atoms. The number of pyridine rings is 1. The van der Waals surface area contributed by atoms with E-state index in [0.717, 1.165) is 33.7 Å². The van der Waals surface area contributed by atoms with Crippen molar-refractivity contribution in [1.29, 1.82) is 0 Å². The summed E-state index contributed by atoms with van der Waals surface area (Å²) in [4.78, 5) is 16.5. The Kier molecular flexibility index (Phi) is 4.81. The van der Waals surface area contributed by atoms with E-state index >= 15 is 0 Å². The van der Waals surface area contributed by atoms with Crippen molar-refractivity contribution in [3.05, 3.63) is 89.4 Å². The Morgan fingerprint density at radius 1 is 1.04 bits per heavy atom. The number of rotatable bonds is 4. The number of benzene rings is 2. The normalized spacial score (nSPS) is 12.7. The number of carbonyl (C=O) groups excluding carboxylic acids is 1. The lowest BCUT2D eigenvalue weighted by atomic mass is 9.97. The molecule has 5 nitrogen and oxygen atoms in total. The largest absolute Gasteiger partial charge is 0.471 e. The molecule has 1 amide bonds. The number of nitrogens with one attached hydrogen (secondary N) is 2. The molecule has 1 aliphatic heterocycles. The Morgan fingerprint density at radius 2 is 1.82 bits per heavy atom. The molecule has 1 aliphatic rings. The van der Waals surface area contributed by atoms with E-state index in [-0.39, 0.29) is 5.91 Å². The minimum Gasteiger partial charge on any atom is -0.471 e. The van der Waals surface area contributed by atoms with Gasteiger partial charge in [-0.3, -0.25) is 9.78 Å². The number of carbonyl (C=O) groups is 1. The summed E-state index contributed by atoms with van der Waals surface area (Å²) in [6.07, 6.45) is 5.20. The summed E-state index contributed by atoms with van der Waals surface area (Å²) in [5.74, 6) is 0.710. The maximum absolute atomic E-state index is 12.5. The monoisotopic (exact) mass is 371 g/mol. The lowest BCUT2D eigenvalue weighted by Gasteiger charge is -2.11. The fraction of sp³-hybridized carbons (Fsp3) is 0.130. The predicted molar refractivity (Wildman–Crippen MR) is 111 cm³/mol. The van der Waals surface area contributed by atoms with E-state index in [1.807, 2.05) is 37.4 Å². The first kappa shape index (κ1) is 17.8. The van der Waals surface area contributed by atoms with Crippen LogP contribution < -0.4 is 10.6 Å². The van der Waals surface area contributed by atoms with Crippen molar-refractivity contribution >= 4 is 17.4 Å². The van der Waals surface area contributed by atoms with Crippen LogP contribution in [0.5, 0.6) is 0 Å². The average Bonchev–Trinajstić information content (AvgIpc) is 3.24. The van der Waals surface area contributed by atoms with Crippen LogP contribution in [-0.4, -0.2) is 17.6 Å². The SMILES string of the molecule is Cc1cnccc1C(=O)Nc1ccc(-c2cc(C3=CNCO3)ccc2C)cc1. The van der Waals surface area contributed by atoms with Crippen LogP contribution in [0, 0.1) is 13.8 Å². The number of hydrogen-bond donors (Lipinski definition) is 2. The highest BCUT2D eigenvalue weighted by Crippen LogP contribution is 2.29. The standard InChI is InChI=1S/C23H21N3O2/c1-15-3-4-18(22-13-25-14-28-22)11-21(15)17-5-7-19(8-6-17)26-23(27)20-9-10-24-12-16(20)2/h3-13,25H,14H2,1-2H3,(H,26,27). The van der Waals surface area contributed by atoms with Crippen molar-refractivity contribution in [2.24, 2.45) is 0 Å². The Hall–Kier alpha value is -3.60. The Bertz CT molecular complexity index is 1060. The molecule has 0 spiro atoms. The van der Waals surface area contributed by atoms with Gasteiger partial charge in [0.1, 0.15) is 5.76 Å². The number of anilines is 1. The number of nitrogens with zero attached hydrogens (tertiary/aromatic N) is 1. The molecule has 28 heavy (non-hydrogen) atoms. The molecule has 0 saturated heterocycles. The third kappa shape index (κ3) is 3.60. The van der Waals surface area contributed by atoms with Gasteiger partial charge in [-0.25, -0.2) is 0 Å². The molecule has 140 valence electrons. The summed E-state index contributed by atoms with van der Waals surface area (Å²) in [6, 6.07) is 15.9. The highest BCUT2D eigenvalue weighted by Gasteiger charge is 2.12. The predicted octanol–water partition coefficient (Wildman–Crippen LogP) is 4.49. The molecule has 2 heterocycles. The quantitative estimate of drug-likeness (QED) is 0.709. The summed E-state index contributed by atoms with van der Waals surface area (Å²) in [5, 5.41) is 6.00. The smallest absolute Gasteiger partial charge is 0.256 e. The summed E-state index contributed by atoms with van der Waals surface area (Å²) in [7, 11) is 0. The maximum atomic E-state index is 12.5. The number of ether oxygens (including phenoxy) is 1. The molecule has 5 heteroatoms. The van der Waals surface area contributed by atoms with E-state index in [1.54, 1.807) is 18.5 Å². The Morgan fingerprint density at radius 3 is 2.54 bits per heavy atom. The van der Waals surface area contributed by atoms with Gasteiger partial charge in [0.05, 0.1) is 0 Å². The second kappa shape index (κ2) is 7.56. The molecule has 0 fully saturated rings. The summed E-state index contributed by atoms with van der Waals surface area (Å²) in [5.41, 5.74) is 6.67. The van der Waals surface area contributed by atoms with Gasteiger partial charge < -0.3 is 15.4 Å². The van der Waals surface area contributed by atoms with E-state index in [1.165, 1.54) is 5.56 Å². The number of amides is 1. The van der Waals surface area contributed by atoms with Crippen molar-refractivity contribution in [2.75, 3.05) is 12.0 Å².